The highest BCUT2D eigenvalue weighted by molar-refractivity contribution is 8.00. The molecule has 0 aliphatic heterocycles. The first kappa shape index (κ1) is 14.9. The van der Waals surface area contributed by atoms with E-state index >= 15 is 0 Å². The van der Waals surface area contributed by atoms with E-state index in [4.69, 9.17) is 21.4 Å². The topological polar surface area (TPSA) is 59.4 Å². The van der Waals surface area contributed by atoms with Crippen LogP contribution in [0.1, 0.15) is 0 Å². The van der Waals surface area contributed by atoms with Gasteiger partial charge in [0, 0.05) is 20.7 Å². The number of nitrogens with zero attached hydrogens (tertiary/aromatic N) is 1. The van der Waals surface area contributed by atoms with Crippen LogP contribution in [0.3, 0.4) is 0 Å². The minimum absolute atomic E-state index is 0.0198. The quantitative estimate of drug-likeness (QED) is 0.572. The molecular weight excluding hydrogens is 322 g/mol. The van der Waals surface area contributed by atoms with Crippen molar-refractivity contribution in [3.05, 3.63) is 41.4 Å². The van der Waals surface area contributed by atoms with Gasteiger partial charge in [-0.3, -0.25) is 4.79 Å². The van der Waals surface area contributed by atoms with Crippen LogP contribution in [0.15, 0.2) is 41.3 Å². The van der Waals surface area contributed by atoms with E-state index in [2.05, 4.69) is 4.98 Å². The monoisotopic (exact) mass is 333 g/mol. The number of methoxy groups -OCH3 is 1. The smallest absolute Gasteiger partial charge is 0.313 e. The molecule has 3 rings (SSSR count). The Balaban J connectivity index is 2.31. The lowest BCUT2D eigenvalue weighted by Crippen LogP contribution is -1.98. The number of ether oxygens (including phenoxy) is 1. The number of benzene rings is 2. The molecule has 0 amide bonds. The molecule has 0 aliphatic rings. The van der Waals surface area contributed by atoms with Gasteiger partial charge < -0.3 is 9.84 Å². The first-order valence-corrected chi connectivity index (χ1v) is 7.86. The molecule has 0 radical (unpaired) electrons. The van der Waals surface area contributed by atoms with Crippen molar-refractivity contribution in [2.24, 2.45) is 0 Å². The average molecular weight is 334 g/mol. The van der Waals surface area contributed by atoms with Crippen molar-refractivity contribution in [2.45, 2.75) is 4.90 Å². The largest absolute Gasteiger partial charge is 0.497 e. The molecule has 6 heteroatoms. The standard InChI is InChI=1S/C16H12ClNO3S/c1-21-10-3-5-13-12(7-10)16(22-8-15(19)20)11-4-2-9(17)6-14(11)18-13/h2-7H,8H2,1H3,(H,19,20). The number of hydrogen-bond donors (Lipinski definition) is 1. The number of thioether (sulfide) groups is 1. The lowest BCUT2D eigenvalue weighted by molar-refractivity contribution is -0.133. The van der Waals surface area contributed by atoms with Crippen LogP contribution in [0, 0.1) is 0 Å². The third-order valence-corrected chi connectivity index (χ3v) is 4.59. The van der Waals surface area contributed by atoms with Gasteiger partial charge in [0.2, 0.25) is 0 Å². The summed E-state index contributed by atoms with van der Waals surface area (Å²) in [5.74, 6) is -0.173. The number of aromatic nitrogens is 1. The molecule has 112 valence electrons. The highest BCUT2D eigenvalue weighted by atomic mass is 35.5. The van der Waals surface area contributed by atoms with E-state index in [1.165, 1.54) is 11.8 Å². The van der Waals surface area contributed by atoms with Gasteiger partial charge in [0.1, 0.15) is 5.75 Å². The minimum Gasteiger partial charge on any atom is -0.497 e. The Kier molecular flexibility index (Phi) is 4.09. The van der Waals surface area contributed by atoms with Gasteiger partial charge in [0.25, 0.3) is 0 Å². The van der Waals surface area contributed by atoms with E-state index in [9.17, 15) is 4.79 Å². The van der Waals surface area contributed by atoms with Crippen molar-refractivity contribution >= 4 is 51.1 Å². The molecule has 1 N–H and O–H groups in total. The summed E-state index contributed by atoms with van der Waals surface area (Å²) in [6.45, 7) is 0. The first-order valence-electron chi connectivity index (χ1n) is 6.50. The summed E-state index contributed by atoms with van der Waals surface area (Å²) in [6.07, 6.45) is 0. The van der Waals surface area contributed by atoms with Crippen LogP contribution in [0.25, 0.3) is 21.8 Å². The van der Waals surface area contributed by atoms with E-state index in [0.717, 1.165) is 26.7 Å². The SMILES string of the molecule is COc1ccc2nc3cc(Cl)ccc3c(SCC(=O)O)c2c1. The van der Waals surface area contributed by atoms with Crippen LogP contribution in [0.4, 0.5) is 0 Å². The molecule has 0 saturated carbocycles. The number of carboxylic acids is 1. The second-order valence-corrected chi connectivity index (χ2v) is 6.09. The van der Waals surface area contributed by atoms with Crippen LogP contribution < -0.4 is 4.74 Å². The molecule has 1 aromatic heterocycles. The lowest BCUT2D eigenvalue weighted by Gasteiger charge is -2.11. The zero-order valence-corrected chi connectivity index (χ0v) is 13.2. The van der Waals surface area contributed by atoms with Gasteiger partial charge in [-0.15, -0.1) is 11.8 Å². The van der Waals surface area contributed by atoms with Crippen molar-refractivity contribution < 1.29 is 14.6 Å². The fraction of sp³-hybridized carbons (Fsp3) is 0.125. The normalized spacial score (nSPS) is 11.0. The van der Waals surface area contributed by atoms with Gasteiger partial charge in [0.05, 0.1) is 23.9 Å². The van der Waals surface area contributed by atoms with Crippen molar-refractivity contribution in [1.82, 2.24) is 4.98 Å². The van der Waals surface area contributed by atoms with Crippen molar-refractivity contribution in [3.63, 3.8) is 0 Å². The third-order valence-electron chi connectivity index (χ3n) is 3.23. The molecule has 0 spiro atoms. The van der Waals surface area contributed by atoms with Gasteiger partial charge >= 0.3 is 5.97 Å². The Labute approximate surface area is 136 Å². The second kappa shape index (κ2) is 6.02. The number of carbonyl (C=O) groups is 1. The zero-order chi connectivity index (χ0) is 15.7. The van der Waals surface area contributed by atoms with Gasteiger partial charge in [-0.25, -0.2) is 4.98 Å². The molecular formula is C16H12ClNO3S. The van der Waals surface area contributed by atoms with Crippen molar-refractivity contribution in [1.29, 1.82) is 0 Å². The summed E-state index contributed by atoms with van der Waals surface area (Å²) in [5, 5.41) is 11.3. The Morgan fingerprint density at radius 1 is 1.23 bits per heavy atom. The van der Waals surface area contributed by atoms with Crippen LogP contribution >= 0.6 is 23.4 Å². The van der Waals surface area contributed by atoms with Crippen molar-refractivity contribution in [3.8, 4) is 5.75 Å². The predicted octanol–water partition coefficient (Wildman–Crippen LogP) is 4.23. The Morgan fingerprint density at radius 2 is 2.05 bits per heavy atom. The number of hydrogen-bond acceptors (Lipinski definition) is 4. The molecule has 0 fully saturated rings. The van der Waals surface area contributed by atoms with E-state index in [1.807, 2.05) is 24.3 Å². The average Bonchev–Trinajstić information content (AvgIpc) is 2.50. The molecule has 0 saturated heterocycles. The molecule has 0 atom stereocenters. The number of pyridine rings is 1. The zero-order valence-electron chi connectivity index (χ0n) is 11.7. The minimum atomic E-state index is -0.861. The molecule has 1 heterocycles. The third kappa shape index (κ3) is 2.82. The van der Waals surface area contributed by atoms with Gasteiger partial charge in [-0.05, 0) is 30.3 Å². The van der Waals surface area contributed by atoms with Gasteiger partial charge in [0.15, 0.2) is 0 Å². The predicted molar refractivity (Wildman–Crippen MR) is 89.2 cm³/mol. The number of fused-ring (bicyclic) bond motifs is 2. The summed E-state index contributed by atoms with van der Waals surface area (Å²) in [5.41, 5.74) is 1.53. The number of carboxylic acid groups (broad SMARTS) is 1. The fourth-order valence-corrected chi connectivity index (χ4v) is 3.36. The van der Waals surface area contributed by atoms with Crippen molar-refractivity contribution in [2.75, 3.05) is 12.9 Å². The van der Waals surface area contributed by atoms with Crippen LogP contribution in [-0.4, -0.2) is 28.9 Å². The summed E-state index contributed by atoms with van der Waals surface area (Å²) in [7, 11) is 1.60. The highest BCUT2D eigenvalue weighted by Gasteiger charge is 2.12. The lowest BCUT2D eigenvalue weighted by atomic mass is 10.1. The maximum atomic E-state index is 10.9. The van der Waals surface area contributed by atoms with Gasteiger partial charge in [-0.1, -0.05) is 17.7 Å². The van der Waals surface area contributed by atoms with Crippen LogP contribution in [0.2, 0.25) is 5.02 Å². The maximum Gasteiger partial charge on any atom is 0.313 e. The number of aliphatic carboxylic acids is 1. The van der Waals surface area contributed by atoms with Gasteiger partial charge in [-0.2, -0.15) is 0 Å². The highest BCUT2D eigenvalue weighted by Crippen LogP contribution is 2.36. The fourth-order valence-electron chi connectivity index (χ4n) is 2.28. The van der Waals surface area contributed by atoms with E-state index in [0.29, 0.717) is 10.8 Å². The molecule has 2 aromatic carbocycles. The molecule has 0 bridgehead atoms. The Hall–Kier alpha value is -1.98. The van der Waals surface area contributed by atoms with E-state index in [-0.39, 0.29) is 5.75 Å². The molecule has 22 heavy (non-hydrogen) atoms. The summed E-state index contributed by atoms with van der Waals surface area (Å²) >= 11 is 7.31. The van der Waals surface area contributed by atoms with E-state index in [1.54, 1.807) is 19.2 Å². The summed E-state index contributed by atoms with van der Waals surface area (Å²) < 4.78 is 5.26. The number of rotatable bonds is 4. The maximum absolute atomic E-state index is 10.9. The Morgan fingerprint density at radius 3 is 2.77 bits per heavy atom. The first-order chi connectivity index (χ1) is 10.6. The number of halogens is 1. The second-order valence-electron chi connectivity index (χ2n) is 4.67. The van der Waals surface area contributed by atoms with Crippen LogP contribution in [0.5, 0.6) is 5.75 Å². The summed E-state index contributed by atoms with van der Waals surface area (Å²) in [4.78, 5) is 16.4. The Bertz CT molecular complexity index is 882. The molecule has 0 aliphatic carbocycles. The van der Waals surface area contributed by atoms with E-state index < -0.39 is 5.97 Å². The molecule has 0 unspecified atom stereocenters. The molecule has 3 aromatic rings. The van der Waals surface area contributed by atoms with Crippen LogP contribution in [-0.2, 0) is 4.79 Å². The molecule has 4 nitrogen and oxygen atoms in total. The summed E-state index contributed by atoms with van der Waals surface area (Å²) in [6, 6.07) is 11.0.